The molecule has 0 bridgehead atoms. The minimum atomic E-state index is -0.197. The summed E-state index contributed by atoms with van der Waals surface area (Å²) in [7, 11) is 0. The number of halogens is 1. The number of rotatable bonds is 2. The molecule has 1 N–H and O–H groups in total. The van der Waals surface area contributed by atoms with Crippen molar-refractivity contribution < 1.29 is 4.79 Å². The Morgan fingerprint density at radius 3 is 2.50 bits per heavy atom. The number of pyridine rings is 2. The van der Waals surface area contributed by atoms with Crippen molar-refractivity contribution in [2.24, 2.45) is 5.41 Å². The number of anilines is 1. The number of carbonyl (C=O) groups excluding carboxylic acids is 1. The van der Waals surface area contributed by atoms with Crippen molar-refractivity contribution >= 4 is 34.0 Å². The summed E-state index contributed by atoms with van der Waals surface area (Å²) in [5.41, 5.74) is 2.81. The van der Waals surface area contributed by atoms with E-state index in [0.717, 1.165) is 66.5 Å². The van der Waals surface area contributed by atoms with Crippen LogP contribution in [-0.2, 0) is 4.79 Å². The van der Waals surface area contributed by atoms with Crippen LogP contribution in [-0.4, -0.2) is 35.5 Å². The summed E-state index contributed by atoms with van der Waals surface area (Å²) in [6, 6.07) is 8.21. The lowest BCUT2D eigenvalue weighted by atomic mass is 9.77. The van der Waals surface area contributed by atoms with Crippen LogP contribution in [0.1, 0.15) is 19.3 Å². The molecule has 2 saturated heterocycles. The van der Waals surface area contributed by atoms with E-state index < -0.39 is 0 Å². The Hall–Kier alpha value is -2.66. The number of nitrogens with one attached hydrogen (secondary N) is 1. The molecule has 1 amide bonds. The van der Waals surface area contributed by atoms with E-state index >= 15 is 0 Å². The molecule has 1 spiro atoms. The maximum absolute atomic E-state index is 12.3. The Morgan fingerprint density at radius 1 is 0.964 bits per heavy atom. The van der Waals surface area contributed by atoms with E-state index in [1.165, 1.54) is 0 Å². The number of hydrogen-bond acceptors (Lipinski definition) is 4. The second-order valence-electron chi connectivity index (χ2n) is 7.70. The van der Waals surface area contributed by atoms with E-state index in [4.69, 9.17) is 11.6 Å². The topological polar surface area (TPSA) is 58.1 Å². The van der Waals surface area contributed by atoms with Crippen LogP contribution < -0.4 is 10.2 Å². The number of carbonyl (C=O) groups is 1. The first-order chi connectivity index (χ1) is 13.7. The van der Waals surface area contributed by atoms with Crippen LogP contribution in [0.25, 0.3) is 21.9 Å². The summed E-state index contributed by atoms with van der Waals surface area (Å²) in [5.74, 6) is 0.214. The standard InChI is InChI=1S/C22H21ClN4O/c23-19-14-25-13-18(17-12-24-11-15-3-1-2-4-16(15)17)20(19)27-9-6-22(7-10-27)5-8-26-21(22)28/h1-4,11-14H,5-10H2,(H,26,28). The first-order valence-corrected chi connectivity index (χ1v) is 10.1. The first-order valence-electron chi connectivity index (χ1n) is 9.68. The smallest absolute Gasteiger partial charge is 0.226 e. The fourth-order valence-electron chi connectivity index (χ4n) is 4.63. The lowest BCUT2D eigenvalue weighted by Gasteiger charge is -2.39. The van der Waals surface area contributed by atoms with Crippen LogP contribution >= 0.6 is 11.6 Å². The largest absolute Gasteiger partial charge is 0.370 e. The molecular weight excluding hydrogens is 372 g/mol. The third-order valence-electron chi connectivity index (χ3n) is 6.24. The van der Waals surface area contributed by atoms with Gasteiger partial charge in [-0.3, -0.25) is 14.8 Å². The van der Waals surface area contributed by atoms with Crippen LogP contribution in [0.15, 0.2) is 49.1 Å². The number of aromatic nitrogens is 2. The van der Waals surface area contributed by atoms with Crippen LogP contribution in [0.2, 0.25) is 5.02 Å². The molecule has 3 aromatic rings. The molecule has 5 rings (SSSR count). The third kappa shape index (κ3) is 2.73. The molecule has 0 radical (unpaired) electrons. The lowest BCUT2D eigenvalue weighted by molar-refractivity contribution is -0.128. The molecule has 0 atom stereocenters. The van der Waals surface area contributed by atoms with Gasteiger partial charge in [0.05, 0.1) is 16.1 Å². The highest BCUT2D eigenvalue weighted by Crippen LogP contribution is 2.44. The summed E-state index contributed by atoms with van der Waals surface area (Å²) in [6.45, 7) is 2.41. The predicted molar refractivity (Wildman–Crippen MR) is 111 cm³/mol. The monoisotopic (exact) mass is 392 g/mol. The van der Waals surface area contributed by atoms with Crippen molar-refractivity contribution in [1.29, 1.82) is 0 Å². The molecule has 142 valence electrons. The Morgan fingerprint density at radius 2 is 1.71 bits per heavy atom. The minimum Gasteiger partial charge on any atom is -0.370 e. The highest BCUT2D eigenvalue weighted by molar-refractivity contribution is 6.34. The Balaban J connectivity index is 1.56. The van der Waals surface area contributed by atoms with Gasteiger partial charge >= 0.3 is 0 Å². The number of hydrogen-bond donors (Lipinski definition) is 1. The van der Waals surface area contributed by atoms with Gasteiger partial charge in [-0.05, 0) is 24.6 Å². The molecule has 0 unspecified atom stereocenters. The van der Waals surface area contributed by atoms with E-state index in [-0.39, 0.29) is 11.3 Å². The van der Waals surface area contributed by atoms with Crippen molar-refractivity contribution in [3.05, 3.63) is 54.1 Å². The Bertz CT molecular complexity index is 1050. The zero-order valence-electron chi connectivity index (χ0n) is 15.5. The zero-order chi connectivity index (χ0) is 19.1. The average molecular weight is 393 g/mol. The quantitative estimate of drug-likeness (QED) is 0.714. The first kappa shape index (κ1) is 17.4. The van der Waals surface area contributed by atoms with Gasteiger partial charge in [0.25, 0.3) is 0 Å². The van der Waals surface area contributed by atoms with Gasteiger partial charge < -0.3 is 10.2 Å². The Labute approximate surface area is 168 Å². The second kappa shape index (κ2) is 6.74. The second-order valence-corrected chi connectivity index (χ2v) is 8.11. The predicted octanol–water partition coefficient (Wildman–Crippen LogP) is 4.06. The van der Waals surface area contributed by atoms with E-state index in [0.29, 0.717) is 5.02 Å². The summed E-state index contributed by atoms with van der Waals surface area (Å²) in [6.07, 6.45) is 9.97. The van der Waals surface area contributed by atoms with Gasteiger partial charge in [-0.1, -0.05) is 35.9 Å². The van der Waals surface area contributed by atoms with Crippen molar-refractivity contribution in [2.75, 3.05) is 24.5 Å². The molecule has 0 saturated carbocycles. The molecule has 1 aromatic carbocycles. The van der Waals surface area contributed by atoms with Crippen molar-refractivity contribution in [2.45, 2.75) is 19.3 Å². The van der Waals surface area contributed by atoms with Gasteiger partial charge in [0.1, 0.15) is 0 Å². The van der Waals surface area contributed by atoms with Crippen LogP contribution in [0, 0.1) is 5.41 Å². The molecule has 5 nitrogen and oxygen atoms in total. The average Bonchev–Trinajstić information content (AvgIpc) is 3.08. The van der Waals surface area contributed by atoms with Gasteiger partial charge in [-0.15, -0.1) is 0 Å². The van der Waals surface area contributed by atoms with Crippen LogP contribution in [0.5, 0.6) is 0 Å². The van der Waals surface area contributed by atoms with Crippen molar-refractivity contribution in [3.8, 4) is 11.1 Å². The molecule has 4 heterocycles. The molecule has 6 heteroatoms. The fraction of sp³-hybridized carbons (Fsp3) is 0.318. The molecule has 28 heavy (non-hydrogen) atoms. The summed E-state index contributed by atoms with van der Waals surface area (Å²) < 4.78 is 0. The number of piperidine rings is 1. The number of benzene rings is 1. The van der Waals surface area contributed by atoms with Gasteiger partial charge in [-0.25, -0.2) is 0 Å². The summed E-state index contributed by atoms with van der Waals surface area (Å²) >= 11 is 6.64. The molecule has 2 aliphatic heterocycles. The van der Waals surface area contributed by atoms with E-state index in [2.05, 4.69) is 32.3 Å². The van der Waals surface area contributed by atoms with Crippen LogP contribution in [0.4, 0.5) is 5.69 Å². The fourth-order valence-corrected chi connectivity index (χ4v) is 4.91. The van der Waals surface area contributed by atoms with Crippen molar-refractivity contribution in [3.63, 3.8) is 0 Å². The minimum absolute atomic E-state index is 0.197. The van der Waals surface area contributed by atoms with Crippen molar-refractivity contribution in [1.82, 2.24) is 15.3 Å². The summed E-state index contributed by atoms with van der Waals surface area (Å²) in [5, 5.41) is 5.86. The highest BCUT2D eigenvalue weighted by atomic mass is 35.5. The van der Waals surface area contributed by atoms with Gasteiger partial charge in [0.15, 0.2) is 0 Å². The summed E-state index contributed by atoms with van der Waals surface area (Å²) in [4.78, 5) is 23.4. The molecule has 2 fully saturated rings. The van der Waals surface area contributed by atoms with E-state index in [1.807, 2.05) is 30.7 Å². The number of fused-ring (bicyclic) bond motifs is 1. The molecule has 2 aliphatic rings. The number of amides is 1. The normalized spacial score (nSPS) is 18.6. The highest BCUT2D eigenvalue weighted by Gasteiger charge is 2.44. The van der Waals surface area contributed by atoms with E-state index in [1.54, 1.807) is 6.20 Å². The molecule has 2 aromatic heterocycles. The maximum atomic E-state index is 12.3. The van der Waals surface area contributed by atoms with Gasteiger partial charge in [0, 0.05) is 60.9 Å². The number of nitrogens with zero attached hydrogens (tertiary/aromatic N) is 3. The van der Waals surface area contributed by atoms with Crippen LogP contribution in [0.3, 0.4) is 0 Å². The van der Waals surface area contributed by atoms with Gasteiger partial charge in [0.2, 0.25) is 5.91 Å². The SMILES string of the molecule is O=C1NCCC12CCN(c1c(Cl)cncc1-c1cncc3ccccc13)CC2. The third-order valence-corrected chi connectivity index (χ3v) is 6.52. The Kier molecular flexibility index (Phi) is 4.20. The molecular formula is C22H21ClN4O. The maximum Gasteiger partial charge on any atom is 0.226 e. The molecule has 0 aliphatic carbocycles. The zero-order valence-corrected chi connectivity index (χ0v) is 16.2. The van der Waals surface area contributed by atoms with Gasteiger partial charge in [-0.2, -0.15) is 0 Å². The lowest BCUT2D eigenvalue weighted by Crippen LogP contribution is -2.44. The van der Waals surface area contributed by atoms with E-state index in [9.17, 15) is 4.79 Å².